The molecule has 1 aliphatic heterocycles. The summed E-state index contributed by atoms with van der Waals surface area (Å²) in [6, 6.07) is 5.62. The summed E-state index contributed by atoms with van der Waals surface area (Å²) in [6.45, 7) is 3.77. The van der Waals surface area contributed by atoms with Crippen molar-refractivity contribution in [3.63, 3.8) is 0 Å². The summed E-state index contributed by atoms with van der Waals surface area (Å²) in [6.07, 6.45) is -1.78. The topological polar surface area (TPSA) is 195 Å². The zero-order chi connectivity index (χ0) is 34.5. The van der Waals surface area contributed by atoms with E-state index in [2.05, 4.69) is 6.58 Å². The van der Waals surface area contributed by atoms with E-state index < -0.39 is 84.7 Å². The molecule has 2 aromatic rings. The molecule has 250 valence electrons. The van der Waals surface area contributed by atoms with Crippen LogP contribution < -0.4 is 22.0 Å². The molecular weight excluding hydrogens is 604 g/mol. The van der Waals surface area contributed by atoms with Crippen molar-refractivity contribution in [3.05, 3.63) is 73.9 Å². The van der Waals surface area contributed by atoms with E-state index in [9.17, 15) is 43.8 Å². The van der Waals surface area contributed by atoms with Gasteiger partial charge in [-0.1, -0.05) is 19.9 Å². The number of amides is 4. The first-order valence-corrected chi connectivity index (χ1v) is 14.8. The number of aliphatic hydroxyl groups is 2. The third-order valence-electron chi connectivity index (χ3n) is 8.08. The lowest BCUT2D eigenvalue weighted by molar-refractivity contribution is -0.786. The smallest absolute Gasteiger partial charge is 0.338 e. The van der Waals surface area contributed by atoms with E-state index in [1.807, 2.05) is 14.1 Å². The molecule has 4 amide bonds. The molecule has 3 N–H and O–H groups in total. The molecule has 3 rings (SSSR count). The highest BCUT2D eigenvalue weighted by Crippen LogP contribution is 2.35. The van der Waals surface area contributed by atoms with E-state index in [0.717, 1.165) is 15.5 Å². The van der Waals surface area contributed by atoms with Gasteiger partial charge in [0.1, 0.15) is 23.8 Å². The van der Waals surface area contributed by atoms with Crippen molar-refractivity contribution in [1.29, 1.82) is 0 Å². The van der Waals surface area contributed by atoms with Gasteiger partial charge in [-0.2, -0.15) is 0 Å². The van der Waals surface area contributed by atoms with Crippen molar-refractivity contribution in [2.45, 2.75) is 58.5 Å². The van der Waals surface area contributed by atoms with Gasteiger partial charge in [0.05, 0.1) is 51.9 Å². The van der Waals surface area contributed by atoms with Crippen molar-refractivity contribution in [1.82, 2.24) is 23.5 Å². The fourth-order valence-electron chi connectivity index (χ4n) is 5.26. The molecule has 0 bridgehead atoms. The van der Waals surface area contributed by atoms with Crippen LogP contribution in [0.5, 0.6) is 0 Å². The van der Waals surface area contributed by atoms with Crippen LogP contribution in [0.15, 0.2) is 51.3 Å². The van der Waals surface area contributed by atoms with Gasteiger partial charge >= 0.3 is 29.1 Å². The summed E-state index contributed by atoms with van der Waals surface area (Å²) in [5.41, 5.74) is -3.74. The fourth-order valence-corrected chi connectivity index (χ4v) is 5.26. The highest BCUT2D eigenvalue weighted by Gasteiger charge is 2.54. The number of aliphatic hydroxyl groups excluding tert-OH is 2. The summed E-state index contributed by atoms with van der Waals surface area (Å²) in [4.78, 5) is 93.5. The number of β-amino-alcohol motifs (C(OH)–C–C–N with tert-alkyl or cyclic N) is 1. The molecule has 2 heterocycles. The van der Waals surface area contributed by atoms with Crippen molar-refractivity contribution >= 4 is 29.5 Å². The Bertz CT molecular complexity index is 1670. The lowest BCUT2D eigenvalue weighted by Gasteiger charge is -2.42. The van der Waals surface area contributed by atoms with Gasteiger partial charge in [-0.15, -0.1) is 6.58 Å². The van der Waals surface area contributed by atoms with Gasteiger partial charge in [0, 0.05) is 7.05 Å². The van der Waals surface area contributed by atoms with Gasteiger partial charge in [-0.25, -0.2) is 37.7 Å². The second-order valence-corrected chi connectivity index (χ2v) is 11.3. The largest absolute Gasteiger partial charge is 0.459 e. The standard InChI is InChI=1S/C30H40N6O10/c1-7-14-33-27(43)35(16-21(37)15-34-25(41)30(8-2,9-3)24(40)32(6)26(34)42)29(45)36(28(33)44)17-22(38)18-46-23(39)19-10-12-20(13-11-19)31(4)5/h7,10-13,21-22,37-38H,1,8-9,14-18H2,2-6H3/p+1. The number of rotatable bonds is 14. The molecular formula is C30H41N6O10+. The maximum atomic E-state index is 13.4. The molecule has 2 atom stereocenters. The third-order valence-corrected chi connectivity index (χ3v) is 8.08. The molecule has 16 nitrogen and oxygen atoms in total. The Hall–Kier alpha value is -4.67. The number of allylic oxidation sites excluding steroid dienone is 1. The monoisotopic (exact) mass is 645 g/mol. The number of aromatic nitrogens is 3. The first-order chi connectivity index (χ1) is 21.6. The van der Waals surface area contributed by atoms with Crippen LogP contribution in [0.4, 0.5) is 10.5 Å². The molecule has 0 saturated carbocycles. The Morgan fingerprint density at radius 3 is 1.89 bits per heavy atom. The number of benzene rings is 1. The number of hydrogen-bond donors (Lipinski definition) is 3. The Morgan fingerprint density at radius 1 is 0.870 bits per heavy atom. The number of urea groups is 1. The van der Waals surface area contributed by atoms with Crippen molar-refractivity contribution in [3.8, 4) is 0 Å². The molecule has 1 saturated heterocycles. The third kappa shape index (κ3) is 6.93. The highest BCUT2D eigenvalue weighted by molar-refractivity contribution is 6.18. The number of carbonyl (C=O) groups is 4. The summed E-state index contributed by atoms with van der Waals surface area (Å²) < 4.78 is 6.88. The first-order valence-electron chi connectivity index (χ1n) is 14.8. The average Bonchev–Trinajstić information content (AvgIpc) is 3.04. The normalized spacial score (nSPS) is 16.1. The second kappa shape index (κ2) is 14.6. The molecule has 0 aliphatic carbocycles. The zero-order valence-corrected chi connectivity index (χ0v) is 26.6. The lowest BCUT2D eigenvalue weighted by Crippen LogP contribution is -3.00. The van der Waals surface area contributed by atoms with Crippen LogP contribution >= 0.6 is 0 Å². The maximum absolute atomic E-state index is 13.4. The van der Waals surface area contributed by atoms with Gasteiger partial charge in [0.2, 0.25) is 11.8 Å². The molecule has 0 radical (unpaired) electrons. The summed E-state index contributed by atoms with van der Waals surface area (Å²) in [7, 11) is 5.05. The van der Waals surface area contributed by atoms with Crippen LogP contribution in [-0.4, -0.2) is 104 Å². The average molecular weight is 646 g/mol. The van der Waals surface area contributed by atoms with E-state index in [1.165, 1.54) is 13.1 Å². The van der Waals surface area contributed by atoms with Crippen LogP contribution in [0.25, 0.3) is 0 Å². The number of hydrogen-bond acceptors (Lipinski definition) is 10. The number of quaternary nitrogens is 1. The lowest BCUT2D eigenvalue weighted by atomic mass is 9.78. The summed E-state index contributed by atoms with van der Waals surface area (Å²) >= 11 is 0. The number of nitrogens with zero attached hydrogens (tertiary/aromatic N) is 5. The molecule has 1 fully saturated rings. The second-order valence-electron chi connectivity index (χ2n) is 11.3. The Morgan fingerprint density at radius 2 is 1.39 bits per heavy atom. The SMILES string of the molecule is C=CCn1c(=O)n(CC(O)COC(=O)c2ccc([NH+](C)C)cc2)c(=O)n(CC(O)CN2C(=O)N(C)C(=O)C(CC)(CC)C2=O)c1=O. The zero-order valence-electron chi connectivity index (χ0n) is 26.6. The Labute approximate surface area is 264 Å². The predicted molar refractivity (Wildman–Crippen MR) is 164 cm³/mol. The summed E-state index contributed by atoms with van der Waals surface area (Å²) in [5, 5.41) is 21.5. The molecule has 2 unspecified atom stereocenters. The van der Waals surface area contributed by atoms with Gasteiger partial charge in [-0.3, -0.25) is 19.4 Å². The highest BCUT2D eigenvalue weighted by atomic mass is 16.5. The first kappa shape index (κ1) is 35.8. The van der Waals surface area contributed by atoms with Crippen molar-refractivity contribution in [2.24, 2.45) is 5.41 Å². The molecule has 46 heavy (non-hydrogen) atoms. The van der Waals surface area contributed by atoms with Crippen molar-refractivity contribution < 1.29 is 39.0 Å². The van der Waals surface area contributed by atoms with Crippen LogP contribution in [-0.2, 0) is 34.0 Å². The van der Waals surface area contributed by atoms with Crippen LogP contribution in [0, 0.1) is 5.41 Å². The molecule has 1 aromatic carbocycles. The number of esters is 1. The predicted octanol–water partition coefficient (Wildman–Crippen LogP) is -2.06. The summed E-state index contributed by atoms with van der Waals surface area (Å²) in [5.74, 6) is -2.21. The minimum absolute atomic E-state index is 0.100. The number of carbonyl (C=O) groups excluding carboxylic acids is 4. The Balaban J connectivity index is 1.84. The molecule has 1 aliphatic rings. The van der Waals surface area contributed by atoms with Crippen LogP contribution in [0.1, 0.15) is 37.0 Å². The number of ether oxygens (including phenoxy) is 1. The van der Waals surface area contributed by atoms with Crippen LogP contribution in [0.2, 0.25) is 0 Å². The quantitative estimate of drug-likeness (QED) is 0.117. The van der Waals surface area contributed by atoms with Gasteiger partial charge in [-0.05, 0) is 37.1 Å². The minimum Gasteiger partial charge on any atom is -0.459 e. The fraction of sp³-hybridized carbons (Fsp3) is 0.500. The Kier molecular flexibility index (Phi) is 11.4. The minimum atomic E-state index is -1.67. The molecule has 0 spiro atoms. The van der Waals surface area contributed by atoms with Crippen LogP contribution in [0.3, 0.4) is 0 Å². The van der Waals surface area contributed by atoms with E-state index in [-0.39, 0.29) is 24.9 Å². The van der Waals surface area contributed by atoms with Gasteiger partial charge in [0.25, 0.3) is 0 Å². The number of barbiturate groups is 1. The maximum Gasteiger partial charge on any atom is 0.338 e. The molecule has 16 heteroatoms. The van der Waals surface area contributed by atoms with Gasteiger partial charge < -0.3 is 19.8 Å². The van der Waals surface area contributed by atoms with Gasteiger partial charge in [0.15, 0.2) is 0 Å². The van der Waals surface area contributed by atoms with E-state index in [1.54, 1.807) is 38.1 Å². The van der Waals surface area contributed by atoms with E-state index in [0.29, 0.717) is 18.6 Å². The number of imide groups is 2. The van der Waals surface area contributed by atoms with E-state index in [4.69, 9.17) is 4.74 Å². The van der Waals surface area contributed by atoms with Crippen molar-refractivity contribution in [2.75, 3.05) is 34.3 Å². The molecule has 1 aromatic heterocycles. The van der Waals surface area contributed by atoms with E-state index >= 15 is 0 Å². The number of nitrogens with one attached hydrogen (secondary N) is 1.